The molecule has 5 aromatic carbocycles. The molecule has 8 heteroatoms. The molecule has 0 spiro atoms. The topological polar surface area (TPSA) is 88.1 Å². The number of allylic oxidation sites excluding steroid dienone is 1. The Bertz CT molecular complexity index is 2170. The lowest BCUT2D eigenvalue weighted by Gasteiger charge is -2.28. The molecule has 64 heavy (non-hydrogen) atoms. The van der Waals surface area contributed by atoms with Gasteiger partial charge in [0.25, 0.3) is 0 Å². The number of carbonyl (C=O) groups is 1. The van der Waals surface area contributed by atoms with Gasteiger partial charge in [0.05, 0.1) is 0 Å². The molecule has 0 unspecified atom stereocenters. The number of nitrogens with one attached hydrogen (secondary N) is 2. The van der Waals surface area contributed by atoms with Gasteiger partial charge in [-0.25, -0.2) is 0 Å². The van der Waals surface area contributed by atoms with E-state index >= 15 is 0 Å². The molecule has 7 nitrogen and oxygen atoms in total. The number of unbranched alkanes of at least 4 members (excludes halogenated alkanes) is 3. The van der Waals surface area contributed by atoms with Gasteiger partial charge in [-0.15, -0.1) is 0 Å². The number of rotatable bonds is 24. The van der Waals surface area contributed by atoms with Gasteiger partial charge in [0.15, 0.2) is 0 Å². The van der Waals surface area contributed by atoms with E-state index in [1.165, 1.54) is 107 Å². The van der Waals surface area contributed by atoms with Crippen LogP contribution in [-0.2, 0) is 37.4 Å². The lowest BCUT2D eigenvalue weighted by Crippen LogP contribution is -2.36. The van der Waals surface area contributed by atoms with Crippen LogP contribution in [-0.4, -0.2) is 59.1 Å². The summed E-state index contributed by atoms with van der Waals surface area (Å²) in [5.41, 5.74) is 8.57. The van der Waals surface area contributed by atoms with Gasteiger partial charge in [-0.2, -0.15) is 0 Å². The highest BCUT2D eigenvalue weighted by atomic mass is 16.4. The van der Waals surface area contributed by atoms with Gasteiger partial charge in [-0.3, -0.25) is 14.6 Å². The first-order chi connectivity index (χ1) is 31.1. The lowest BCUT2D eigenvalue weighted by atomic mass is 9.77. The molecule has 6 rings (SSSR count). The molecule has 1 aliphatic rings. The Labute approximate surface area is 386 Å². The Morgan fingerprint density at radius 1 is 0.609 bits per heavy atom. The van der Waals surface area contributed by atoms with Crippen molar-refractivity contribution in [3.05, 3.63) is 149 Å². The maximum atomic E-state index is 12.3. The number of nitrogens with zero attached hydrogens (tertiary/aromatic N) is 2. The zero-order valence-electron chi connectivity index (χ0n) is 39.6. The average molecular weight is 865 g/mol. The summed E-state index contributed by atoms with van der Waals surface area (Å²) in [4.78, 5) is 17.4. The Balaban J connectivity index is 0.00000250. The van der Waals surface area contributed by atoms with E-state index in [1.54, 1.807) is 13.0 Å². The van der Waals surface area contributed by atoms with Crippen molar-refractivity contribution in [2.24, 2.45) is 5.92 Å². The molecule has 0 bridgehead atoms. The van der Waals surface area contributed by atoms with Gasteiger partial charge in [-0.05, 0) is 113 Å². The third-order valence-electron chi connectivity index (χ3n) is 12.7. The van der Waals surface area contributed by atoms with Crippen LogP contribution >= 0.6 is 0 Å². The monoisotopic (exact) mass is 865 g/mol. The molecule has 5 aromatic rings. The standard InChI is InChI=1S/C53H69BN4O3.C3H8/c1-5-42-22-11-12-25-44(42)36-57(34-20-7-6-19-32-55-41(4)43-23-9-8-10-24-43)38-50-46-27-14-16-29-48(46)51(49-30-17-15-28-47(49)50)39-58(35-21-33-56-53(59)40(2)3)37-45-26-13-18-31-52(45)54(60)61;1-3-2/h11-18,22,25-31,43,55,60-61H,2,4-10,19-21,23-24,32-39H2,1,3H3,(H,56,59);3H2,1-2H3. The Hall–Kier alpha value is -4.73. The molecule has 1 amide bonds. The highest BCUT2D eigenvalue weighted by molar-refractivity contribution is 6.59. The van der Waals surface area contributed by atoms with Crippen LogP contribution in [0.3, 0.4) is 0 Å². The Kier molecular flexibility index (Phi) is 21.1. The minimum atomic E-state index is -1.56. The zero-order chi connectivity index (χ0) is 45.7. The van der Waals surface area contributed by atoms with Crippen LogP contribution in [0.15, 0.2) is 121 Å². The summed E-state index contributed by atoms with van der Waals surface area (Å²) in [7, 11) is -1.56. The second-order valence-electron chi connectivity index (χ2n) is 18.0. The number of fused-ring (bicyclic) bond motifs is 2. The van der Waals surface area contributed by atoms with Gasteiger partial charge >= 0.3 is 7.12 Å². The van der Waals surface area contributed by atoms with E-state index in [1.807, 2.05) is 18.2 Å². The number of amides is 1. The molecule has 0 atom stereocenters. The number of carbonyl (C=O) groups excluding carboxylic acids is 1. The summed E-state index contributed by atoms with van der Waals surface area (Å²) in [5.74, 6) is 0.523. The number of hydrogen-bond donors (Lipinski definition) is 4. The van der Waals surface area contributed by atoms with E-state index < -0.39 is 7.12 Å². The second-order valence-corrected chi connectivity index (χ2v) is 18.0. The van der Waals surface area contributed by atoms with Crippen LogP contribution in [0, 0.1) is 5.92 Å². The van der Waals surface area contributed by atoms with Gasteiger partial charge in [0.1, 0.15) is 0 Å². The molecule has 0 saturated heterocycles. The largest absolute Gasteiger partial charge is 0.488 e. The third kappa shape index (κ3) is 14.9. The van der Waals surface area contributed by atoms with Crippen molar-refractivity contribution in [2.45, 2.75) is 131 Å². The molecule has 0 aromatic heterocycles. The fourth-order valence-electron chi connectivity index (χ4n) is 9.31. The Morgan fingerprint density at radius 3 is 1.62 bits per heavy atom. The van der Waals surface area contributed by atoms with Crippen molar-refractivity contribution in [2.75, 3.05) is 26.2 Å². The van der Waals surface area contributed by atoms with E-state index in [4.69, 9.17) is 0 Å². The highest BCUT2D eigenvalue weighted by Crippen LogP contribution is 2.35. The number of aryl methyl sites for hydroxylation is 1. The van der Waals surface area contributed by atoms with Gasteiger partial charge in [-0.1, -0.05) is 170 Å². The molecule has 0 aliphatic heterocycles. The van der Waals surface area contributed by atoms with E-state index in [0.29, 0.717) is 43.1 Å². The van der Waals surface area contributed by atoms with Crippen LogP contribution in [0.1, 0.15) is 126 Å². The van der Waals surface area contributed by atoms with E-state index in [2.05, 4.69) is 127 Å². The molecule has 1 saturated carbocycles. The molecule has 0 radical (unpaired) electrons. The summed E-state index contributed by atoms with van der Waals surface area (Å²) in [6, 6.07) is 34.2. The van der Waals surface area contributed by atoms with Crippen LogP contribution in [0.2, 0.25) is 0 Å². The molecular weight excluding hydrogens is 787 g/mol. The smallest absolute Gasteiger partial charge is 0.423 e. The van der Waals surface area contributed by atoms with Crippen LogP contribution in [0.4, 0.5) is 0 Å². The SMILES string of the molecule is C=C(C)C(=O)NCCCN(Cc1ccccc1B(O)O)Cc1c2ccccc2c(CN(CCCCCCNC(=C)C2CCCCC2)Cc2ccccc2CC)c2ccccc12.CCC. The summed E-state index contributed by atoms with van der Waals surface area (Å²) in [6.45, 7) is 22.6. The number of benzene rings is 5. The lowest BCUT2D eigenvalue weighted by molar-refractivity contribution is -0.117. The molecule has 1 aliphatic carbocycles. The number of hydrogen-bond acceptors (Lipinski definition) is 6. The minimum absolute atomic E-state index is 0.135. The van der Waals surface area contributed by atoms with Crippen molar-refractivity contribution < 1.29 is 14.8 Å². The molecule has 0 heterocycles. The van der Waals surface area contributed by atoms with E-state index in [9.17, 15) is 14.8 Å². The van der Waals surface area contributed by atoms with Gasteiger partial charge in [0.2, 0.25) is 5.91 Å². The van der Waals surface area contributed by atoms with Crippen LogP contribution < -0.4 is 16.1 Å². The molecule has 1 fully saturated rings. The second kappa shape index (κ2) is 26.9. The fourth-order valence-corrected chi connectivity index (χ4v) is 9.31. The molecule has 4 N–H and O–H groups in total. The summed E-state index contributed by atoms with van der Waals surface area (Å²) < 4.78 is 0. The van der Waals surface area contributed by atoms with Crippen molar-refractivity contribution >= 4 is 40.0 Å². The van der Waals surface area contributed by atoms with Crippen molar-refractivity contribution in [3.8, 4) is 0 Å². The summed E-state index contributed by atoms with van der Waals surface area (Å²) in [6.07, 6.45) is 14.4. The van der Waals surface area contributed by atoms with Crippen molar-refractivity contribution in [3.63, 3.8) is 0 Å². The average Bonchev–Trinajstić information content (AvgIpc) is 3.31. The highest BCUT2D eigenvalue weighted by Gasteiger charge is 2.22. The third-order valence-corrected chi connectivity index (χ3v) is 12.7. The van der Waals surface area contributed by atoms with Crippen molar-refractivity contribution in [1.29, 1.82) is 0 Å². The predicted molar refractivity (Wildman–Crippen MR) is 272 cm³/mol. The van der Waals surface area contributed by atoms with Gasteiger partial charge < -0.3 is 20.7 Å². The Morgan fingerprint density at radius 2 is 1.08 bits per heavy atom. The normalized spacial score (nSPS) is 12.9. The first-order valence-corrected chi connectivity index (χ1v) is 24.4. The zero-order valence-corrected chi connectivity index (χ0v) is 39.6. The van der Waals surface area contributed by atoms with Gasteiger partial charge in [0, 0.05) is 57.1 Å². The molecule has 342 valence electrons. The molecular formula is C56H77BN4O3. The maximum absolute atomic E-state index is 12.3. The van der Waals surface area contributed by atoms with Crippen molar-refractivity contribution in [1.82, 2.24) is 20.4 Å². The quantitative estimate of drug-likeness (QED) is 0.0214. The maximum Gasteiger partial charge on any atom is 0.488 e. The summed E-state index contributed by atoms with van der Waals surface area (Å²) in [5, 5.41) is 32.2. The van der Waals surface area contributed by atoms with Crippen LogP contribution in [0.25, 0.3) is 21.5 Å². The van der Waals surface area contributed by atoms with E-state index in [0.717, 1.165) is 51.0 Å². The fraction of sp³-hybridized carbons (Fsp3) is 0.446. The van der Waals surface area contributed by atoms with Crippen LogP contribution in [0.5, 0.6) is 0 Å². The summed E-state index contributed by atoms with van der Waals surface area (Å²) >= 11 is 0. The minimum Gasteiger partial charge on any atom is -0.423 e. The first kappa shape index (κ1) is 50.3. The predicted octanol–water partition coefficient (Wildman–Crippen LogP) is 11.0. The van der Waals surface area contributed by atoms with E-state index in [-0.39, 0.29) is 5.91 Å². The first-order valence-electron chi connectivity index (χ1n) is 24.4.